The molecule has 0 saturated heterocycles. The van der Waals surface area contributed by atoms with E-state index in [0.29, 0.717) is 6.61 Å². The smallest absolute Gasteiger partial charge is 0.129 e. The lowest BCUT2D eigenvalue weighted by Gasteiger charge is -2.10. The van der Waals surface area contributed by atoms with Gasteiger partial charge in [-0.25, -0.2) is 0 Å². The van der Waals surface area contributed by atoms with Crippen molar-refractivity contribution in [2.75, 3.05) is 20.8 Å². The standard InChI is InChI=1S/C11H14N2O2/c1-13-9(7-12)8-15-11-5-3-10(14-2)4-6-11/h3-6,9,13H,8H2,1-2H3. The zero-order valence-corrected chi connectivity index (χ0v) is 8.86. The van der Waals surface area contributed by atoms with E-state index >= 15 is 0 Å². The van der Waals surface area contributed by atoms with Gasteiger partial charge in [0, 0.05) is 0 Å². The van der Waals surface area contributed by atoms with Gasteiger partial charge in [0.2, 0.25) is 0 Å². The summed E-state index contributed by atoms with van der Waals surface area (Å²) in [5.74, 6) is 1.51. The summed E-state index contributed by atoms with van der Waals surface area (Å²) in [6, 6.07) is 9.05. The average Bonchev–Trinajstić information content (AvgIpc) is 2.31. The first-order valence-electron chi connectivity index (χ1n) is 4.64. The highest BCUT2D eigenvalue weighted by Crippen LogP contribution is 2.16. The molecule has 0 aliphatic heterocycles. The minimum absolute atomic E-state index is 0.285. The predicted octanol–water partition coefficient (Wildman–Crippen LogP) is 1.19. The lowest BCUT2D eigenvalue weighted by molar-refractivity contribution is 0.294. The number of benzene rings is 1. The Morgan fingerprint density at radius 2 is 1.93 bits per heavy atom. The molecule has 0 amide bonds. The van der Waals surface area contributed by atoms with Gasteiger partial charge in [-0.3, -0.25) is 0 Å². The van der Waals surface area contributed by atoms with Gasteiger partial charge < -0.3 is 14.8 Å². The molecule has 4 heteroatoms. The Morgan fingerprint density at radius 3 is 2.40 bits per heavy atom. The summed E-state index contributed by atoms with van der Waals surface area (Å²) < 4.78 is 10.4. The Hall–Kier alpha value is -1.73. The Kier molecular flexibility index (Phi) is 4.45. The van der Waals surface area contributed by atoms with Gasteiger partial charge in [-0.05, 0) is 31.3 Å². The third-order valence-electron chi connectivity index (χ3n) is 1.98. The van der Waals surface area contributed by atoms with Crippen LogP contribution < -0.4 is 14.8 Å². The molecule has 0 aromatic heterocycles. The summed E-state index contributed by atoms with van der Waals surface area (Å²) in [4.78, 5) is 0. The molecule has 0 bridgehead atoms. The van der Waals surface area contributed by atoms with E-state index < -0.39 is 0 Å². The Bertz CT molecular complexity index is 329. The zero-order valence-electron chi connectivity index (χ0n) is 8.86. The lowest BCUT2D eigenvalue weighted by atomic mass is 10.3. The molecule has 0 spiro atoms. The number of nitrogens with one attached hydrogen (secondary N) is 1. The van der Waals surface area contributed by atoms with Gasteiger partial charge in [0.15, 0.2) is 0 Å². The van der Waals surface area contributed by atoms with Gasteiger partial charge in [-0.1, -0.05) is 0 Å². The van der Waals surface area contributed by atoms with E-state index in [1.165, 1.54) is 0 Å². The number of nitriles is 1. The van der Waals surface area contributed by atoms with Gasteiger partial charge in [0.05, 0.1) is 13.2 Å². The minimum atomic E-state index is -0.285. The maximum Gasteiger partial charge on any atom is 0.129 e. The van der Waals surface area contributed by atoms with Crippen molar-refractivity contribution in [2.24, 2.45) is 0 Å². The van der Waals surface area contributed by atoms with Crippen LogP contribution in [-0.4, -0.2) is 26.8 Å². The molecule has 0 heterocycles. The summed E-state index contributed by atoms with van der Waals surface area (Å²) in [7, 11) is 3.34. The first-order chi connectivity index (χ1) is 7.30. The van der Waals surface area contributed by atoms with Crippen molar-refractivity contribution in [3.05, 3.63) is 24.3 Å². The van der Waals surface area contributed by atoms with Crippen LogP contribution in [0.2, 0.25) is 0 Å². The number of likely N-dealkylation sites (N-methyl/N-ethyl adjacent to an activating group) is 1. The highest BCUT2D eigenvalue weighted by molar-refractivity contribution is 5.31. The average molecular weight is 206 g/mol. The van der Waals surface area contributed by atoms with Crippen LogP contribution in [0.4, 0.5) is 0 Å². The van der Waals surface area contributed by atoms with Crippen LogP contribution in [0.25, 0.3) is 0 Å². The third kappa shape index (κ3) is 3.49. The molecule has 15 heavy (non-hydrogen) atoms. The molecule has 1 aromatic rings. The van der Waals surface area contributed by atoms with Crippen molar-refractivity contribution in [1.29, 1.82) is 5.26 Å². The molecule has 1 atom stereocenters. The van der Waals surface area contributed by atoms with Crippen LogP contribution in [0, 0.1) is 11.3 Å². The van der Waals surface area contributed by atoms with Crippen LogP contribution in [0.5, 0.6) is 11.5 Å². The highest BCUT2D eigenvalue weighted by Gasteiger charge is 2.04. The topological polar surface area (TPSA) is 54.3 Å². The van der Waals surface area contributed by atoms with Crippen molar-refractivity contribution in [3.63, 3.8) is 0 Å². The summed E-state index contributed by atoms with van der Waals surface area (Å²) in [6.07, 6.45) is 0. The molecule has 0 radical (unpaired) electrons. The summed E-state index contributed by atoms with van der Waals surface area (Å²) in [5.41, 5.74) is 0. The van der Waals surface area contributed by atoms with Gasteiger partial charge in [0.1, 0.15) is 24.1 Å². The number of ether oxygens (including phenoxy) is 2. The van der Waals surface area contributed by atoms with Crippen molar-refractivity contribution < 1.29 is 9.47 Å². The van der Waals surface area contributed by atoms with E-state index in [9.17, 15) is 0 Å². The van der Waals surface area contributed by atoms with Crippen LogP contribution >= 0.6 is 0 Å². The fraction of sp³-hybridized carbons (Fsp3) is 0.364. The first-order valence-corrected chi connectivity index (χ1v) is 4.64. The molecule has 1 aromatic carbocycles. The molecule has 0 fully saturated rings. The fourth-order valence-electron chi connectivity index (χ4n) is 1.04. The van der Waals surface area contributed by atoms with E-state index in [4.69, 9.17) is 14.7 Å². The molecule has 80 valence electrons. The normalized spacial score (nSPS) is 11.5. The summed E-state index contributed by atoms with van der Waals surface area (Å²) in [5, 5.41) is 11.5. The van der Waals surface area contributed by atoms with Crippen LogP contribution in [0.15, 0.2) is 24.3 Å². The van der Waals surface area contributed by atoms with Gasteiger partial charge >= 0.3 is 0 Å². The predicted molar refractivity (Wildman–Crippen MR) is 56.9 cm³/mol. The second-order valence-electron chi connectivity index (χ2n) is 2.96. The molecular weight excluding hydrogens is 192 g/mol. The highest BCUT2D eigenvalue weighted by atomic mass is 16.5. The van der Waals surface area contributed by atoms with E-state index in [0.717, 1.165) is 11.5 Å². The van der Waals surface area contributed by atoms with E-state index in [1.54, 1.807) is 14.2 Å². The molecule has 1 N–H and O–H groups in total. The summed E-state index contributed by atoms with van der Waals surface area (Å²) >= 11 is 0. The van der Waals surface area contributed by atoms with Crippen molar-refractivity contribution in [1.82, 2.24) is 5.32 Å². The molecular formula is C11H14N2O2. The third-order valence-corrected chi connectivity index (χ3v) is 1.98. The largest absolute Gasteiger partial charge is 0.497 e. The van der Waals surface area contributed by atoms with Crippen molar-refractivity contribution in [3.8, 4) is 17.6 Å². The number of nitrogens with zero attached hydrogens (tertiary/aromatic N) is 1. The number of hydrogen-bond acceptors (Lipinski definition) is 4. The number of rotatable bonds is 5. The molecule has 4 nitrogen and oxygen atoms in total. The molecule has 1 rings (SSSR count). The molecule has 0 saturated carbocycles. The minimum Gasteiger partial charge on any atom is -0.497 e. The van der Waals surface area contributed by atoms with E-state index in [2.05, 4.69) is 11.4 Å². The monoisotopic (exact) mass is 206 g/mol. The van der Waals surface area contributed by atoms with Crippen LogP contribution in [0.3, 0.4) is 0 Å². The quantitative estimate of drug-likeness (QED) is 0.786. The zero-order chi connectivity index (χ0) is 11.1. The number of methoxy groups -OCH3 is 1. The second kappa shape index (κ2) is 5.89. The van der Waals surface area contributed by atoms with Gasteiger partial charge in [-0.15, -0.1) is 0 Å². The summed E-state index contributed by atoms with van der Waals surface area (Å²) in [6.45, 7) is 0.333. The Labute approximate surface area is 89.4 Å². The maximum atomic E-state index is 8.67. The molecule has 0 aliphatic carbocycles. The molecule has 0 aliphatic rings. The Morgan fingerprint density at radius 1 is 1.33 bits per heavy atom. The lowest BCUT2D eigenvalue weighted by Crippen LogP contribution is -2.29. The Balaban J connectivity index is 2.48. The first kappa shape index (κ1) is 11.3. The fourth-order valence-corrected chi connectivity index (χ4v) is 1.04. The van der Waals surface area contributed by atoms with Gasteiger partial charge in [-0.2, -0.15) is 5.26 Å². The van der Waals surface area contributed by atoms with Crippen LogP contribution in [-0.2, 0) is 0 Å². The maximum absolute atomic E-state index is 8.67. The number of hydrogen-bond donors (Lipinski definition) is 1. The molecule has 1 unspecified atom stereocenters. The van der Waals surface area contributed by atoms with Gasteiger partial charge in [0.25, 0.3) is 0 Å². The van der Waals surface area contributed by atoms with E-state index in [1.807, 2.05) is 24.3 Å². The van der Waals surface area contributed by atoms with Crippen molar-refractivity contribution in [2.45, 2.75) is 6.04 Å². The second-order valence-corrected chi connectivity index (χ2v) is 2.96. The SMILES string of the molecule is CNC(C#N)COc1ccc(OC)cc1. The van der Waals surface area contributed by atoms with Crippen molar-refractivity contribution >= 4 is 0 Å². The van der Waals surface area contributed by atoms with E-state index in [-0.39, 0.29) is 6.04 Å². The van der Waals surface area contributed by atoms with Crippen LogP contribution in [0.1, 0.15) is 0 Å².